The number of ether oxygens (including phenoxy) is 1. The van der Waals surface area contributed by atoms with Crippen LogP contribution >= 0.6 is 0 Å². The first-order chi connectivity index (χ1) is 14.2. The van der Waals surface area contributed by atoms with Crippen LogP contribution in [0.3, 0.4) is 0 Å². The number of hydrogen-bond donors (Lipinski definition) is 2. The smallest absolute Gasteiger partial charge is 0.251 e. The molecule has 30 heavy (non-hydrogen) atoms. The van der Waals surface area contributed by atoms with E-state index in [1.165, 1.54) is 36.9 Å². The molecule has 1 unspecified atom stereocenters. The predicted octanol–water partition coefficient (Wildman–Crippen LogP) is 3.24. The molecule has 2 N–H and O–H groups in total. The van der Waals surface area contributed by atoms with Gasteiger partial charge in [-0.15, -0.1) is 0 Å². The monoisotopic (exact) mass is 430 g/mol. The molecule has 1 aliphatic heterocycles. The fourth-order valence-corrected chi connectivity index (χ4v) is 5.34. The fraction of sp³-hybridized carbons (Fsp3) is 0.435. The normalized spacial score (nSPS) is 21.2. The van der Waals surface area contributed by atoms with Gasteiger partial charge in [-0.25, -0.2) is 13.1 Å². The molecule has 3 rings (SSSR count). The molecule has 0 aromatic heterocycles. The van der Waals surface area contributed by atoms with E-state index < -0.39 is 10.0 Å². The largest absolute Gasteiger partial charge is 0.376 e. The third kappa shape index (κ3) is 5.09. The molecule has 1 aliphatic rings. The maximum Gasteiger partial charge on any atom is 0.251 e. The summed E-state index contributed by atoms with van der Waals surface area (Å²) in [5.74, 6) is -0.251. The van der Waals surface area contributed by atoms with E-state index in [1.807, 2.05) is 18.2 Å². The number of amides is 1. The van der Waals surface area contributed by atoms with Gasteiger partial charge >= 0.3 is 0 Å². The third-order valence-electron chi connectivity index (χ3n) is 5.77. The summed E-state index contributed by atoms with van der Waals surface area (Å²) in [6, 6.07) is 16.2. The van der Waals surface area contributed by atoms with Crippen LogP contribution in [0, 0.1) is 0 Å². The zero-order chi connectivity index (χ0) is 21.8. The minimum atomic E-state index is -3.66. The van der Waals surface area contributed by atoms with Crippen molar-refractivity contribution in [2.75, 3.05) is 20.2 Å². The molecule has 1 amide bonds. The van der Waals surface area contributed by atoms with Gasteiger partial charge in [0.1, 0.15) is 0 Å². The minimum absolute atomic E-state index is 0.144. The van der Waals surface area contributed by atoms with Crippen molar-refractivity contribution < 1.29 is 17.9 Å². The summed E-state index contributed by atoms with van der Waals surface area (Å²) >= 11 is 0. The van der Waals surface area contributed by atoms with Gasteiger partial charge < -0.3 is 10.1 Å². The van der Waals surface area contributed by atoms with Crippen LogP contribution in [0.25, 0.3) is 0 Å². The number of benzene rings is 2. The number of carbonyl (C=O) groups excluding carboxylic acids is 1. The number of rotatable bonds is 7. The molecule has 0 bridgehead atoms. The molecule has 1 saturated heterocycles. The summed E-state index contributed by atoms with van der Waals surface area (Å²) in [7, 11) is -2.12. The Balaban J connectivity index is 1.74. The lowest BCUT2D eigenvalue weighted by atomic mass is 9.67. The maximum absolute atomic E-state index is 12.8. The van der Waals surface area contributed by atoms with Gasteiger partial charge in [0.15, 0.2) is 0 Å². The van der Waals surface area contributed by atoms with Crippen LogP contribution < -0.4 is 10.0 Å². The highest BCUT2D eigenvalue weighted by molar-refractivity contribution is 7.89. The Kier molecular flexibility index (Phi) is 6.65. The first-order valence-electron chi connectivity index (χ1n) is 10.2. The van der Waals surface area contributed by atoms with Gasteiger partial charge in [-0.2, -0.15) is 0 Å². The fourth-order valence-electron chi connectivity index (χ4n) is 4.31. The Labute approximate surface area is 179 Å². The Morgan fingerprint density at radius 3 is 2.33 bits per heavy atom. The maximum atomic E-state index is 12.8. The lowest BCUT2D eigenvalue weighted by Gasteiger charge is -2.45. The van der Waals surface area contributed by atoms with Crippen molar-refractivity contribution in [2.45, 2.75) is 49.0 Å². The van der Waals surface area contributed by atoms with Crippen molar-refractivity contribution in [3.05, 3.63) is 65.7 Å². The van der Waals surface area contributed by atoms with Crippen molar-refractivity contribution in [1.82, 2.24) is 10.0 Å². The van der Waals surface area contributed by atoms with E-state index in [4.69, 9.17) is 4.74 Å². The summed E-state index contributed by atoms with van der Waals surface area (Å²) in [6.45, 7) is 5.14. The third-order valence-corrected chi connectivity index (χ3v) is 7.25. The Hall–Kier alpha value is -2.22. The molecular weight excluding hydrogens is 400 g/mol. The molecule has 162 valence electrons. The highest BCUT2D eigenvalue weighted by Crippen LogP contribution is 2.43. The summed E-state index contributed by atoms with van der Waals surface area (Å²) < 4.78 is 34.2. The van der Waals surface area contributed by atoms with E-state index in [-0.39, 0.29) is 21.8 Å². The van der Waals surface area contributed by atoms with E-state index in [0.717, 1.165) is 12.8 Å². The van der Waals surface area contributed by atoms with Crippen LogP contribution in [-0.4, -0.2) is 40.1 Å². The number of carbonyl (C=O) groups is 1. The molecule has 7 heteroatoms. The Morgan fingerprint density at radius 2 is 1.73 bits per heavy atom. The summed E-state index contributed by atoms with van der Waals surface area (Å²) in [5, 5.41) is 2.52. The van der Waals surface area contributed by atoms with Crippen LogP contribution in [0.4, 0.5) is 0 Å². The van der Waals surface area contributed by atoms with Crippen molar-refractivity contribution in [3.8, 4) is 0 Å². The average Bonchev–Trinajstić information content (AvgIpc) is 2.73. The molecule has 2 aromatic carbocycles. The summed E-state index contributed by atoms with van der Waals surface area (Å²) in [6.07, 6.45) is 2.36. The molecule has 1 heterocycles. The first kappa shape index (κ1) is 22.5. The van der Waals surface area contributed by atoms with Gasteiger partial charge in [-0.05, 0) is 62.9 Å². The highest BCUT2D eigenvalue weighted by atomic mass is 32.2. The summed E-state index contributed by atoms with van der Waals surface area (Å²) in [5.41, 5.74) is 1.23. The van der Waals surface area contributed by atoms with E-state index in [0.29, 0.717) is 25.1 Å². The van der Waals surface area contributed by atoms with E-state index in [9.17, 15) is 13.2 Å². The van der Waals surface area contributed by atoms with E-state index >= 15 is 0 Å². The second kappa shape index (κ2) is 8.88. The standard InChI is InChI=1S/C23H30N2O4S/c1-22(2)17-23(14-16-29-22,19-7-5-4-6-8-19)13-15-25-30(27,28)20-11-9-18(10-12-20)21(26)24-3/h4-12,25H,13-17H2,1-3H3,(H,24,26). The van der Waals surface area contributed by atoms with E-state index in [2.05, 4.69) is 36.0 Å². The van der Waals surface area contributed by atoms with Crippen molar-refractivity contribution >= 4 is 15.9 Å². The second-order valence-corrected chi connectivity index (χ2v) is 10.2. The minimum Gasteiger partial charge on any atom is -0.376 e. The van der Waals surface area contributed by atoms with Gasteiger partial charge in [0, 0.05) is 31.2 Å². The number of hydrogen-bond acceptors (Lipinski definition) is 4. The van der Waals surface area contributed by atoms with Gasteiger partial charge in [-0.3, -0.25) is 4.79 Å². The van der Waals surface area contributed by atoms with Crippen LogP contribution in [0.15, 0.2) is 59.5 Å². The van der Waals surface area contributed by atoms with Crippen molar-refractivity contribution in [3.63, 3.8) is 0 Å². The zero-order valence-corrected chi connectivity index (χ0v) is 18.6. The van der Waals surface area contributed by atoms with Crippen LogP contribution in [0.5, 0.6) is 0 Å². The molecule has 0 aliphatic carbocycles. The molecule has 2 aromatic rings. The quantitative estimate of drug-likeness (QED) is 0.706. The van der Waals surface area contributed by atoms with Crippen LogP contribution in [-0.2, 0) is 20.2 Å². The Bertz CT molecular complexity index is 972. The van der Waals surface area contributed by atoms with Crippen molar-refractivity contribution in [2.24, 2.45) is 0 Å². The number of sulfonamides is 1. The van der Waals surface area contributed by atoms with Gasteiger partial charge in [-0.1, -0.05) is 30.3 Å². The molecule has 1 atom stereocenters. The van der Waals surface area contributed by atoms with Crippen LogP contribution in [0.1, 0.15) is 49.0 Å². The lowest BCUT2D eigenvalue weighted by Crippen LogP contribution is -2.45. The predicted molar refractivity (Wildman–Crippen MR) is 117 cm³/mol. The van der Waals surface area contributed by atoms with E-state index in [1.54, 1.807) is 0 Å². The second-order valence-electron chi connectivity index (χ2n) is 8.43. The molecule has 1 fully saturated rings. The van der Waals surface area contributed by atoms with Gasteiger partial charge in [0.2, 0.25) is 10.0 Å². The zero-order valence-electron chi connectivity index (χ0n) is 17.8. The SMILES string of the molecule is CNC(=O)c1ccc(S(=O)(=O)NCCC2(c3ccccc3)CCOC(C)(C)C2)cc1. The molecule has 0 spiro atoms. The Morgan fingerprint density at radius 1 is 1.07 bits per heavy atom. The summed E-state index contributed by atoms with van der Waals surface area (Å²) in [4.78, 5) is 11.8. The van der Waals surface area contributed by atoms with Crippen molar-refractivity contribution in [1.29, 1.82) is 0 Å². The highest BCUT2D eigenvalue weighted by Gasteiger charge is 2.41. The van der Waals surface area contributed by atoms with Gasteiger partial charge in [0.05, 0.1) is 10.5 Å². The molecular formula is C23H30N2O4S. The topological polar surface area (TPSA) is 84.5 Å². The first-order valence-corrected chi connectivity index (χ1v) is 11.7. The molecule has 6 nitrogen and oxygen atoms in total. The number of nitrogens with one attached hydrogen (secondary N) is 2. The molecule has 0 saturated carbocycles. The van der Waals surface area contributed by atoms with Crippen LogP contribution in [0.2, 0.25) is 0 Å². The molecule has 0 radical (unpaired) electrons. The van der Waals surface area contributed by atoms with Gasteiger partial charge in [0.25, 0.3) is 5.91 Å². The average molecular weight is 431 g/mol. The lowest BCUT2D eigenvalue weighted by molar-refractivity contribution is -0.0837.